The van der Waals surface area contributed by atoms with E-state index in [0.717, 1.165) is 10.8 Å². The van der Waals surface area contributed by atoms with Crippen molar-refractivity contribution in [2.45, 2.75) is 12.8 Å². The molecule has 1 aromatic rings. The molecule has 76 valence electrons. The van der Waals surface area contributed by atoms with Gasteiger partial charge in [-0.05, 0) is 29.0 Å². The second-order valence-corrected chi connectivity index (χ2v) is 4.74. The molecular weight excluding hydrogens is 334 g/mol. The van der Waals surface area contributed by atoms with Gasteiger partial charge in [0.15, 0.2) is 5.78 Å². The normalized spacial score (nSPS) is 10.2. The van der Waals surface area contributed by atoms with E-state index in [4.69, 9.17) is 23.2 Å². The third-order valence-corrected chi connectivity index (χ3v) is 3.28. The molecule has 0 aromatic heterocycles. The highest BCUT2D eigenvalue weighted by molar-refractivity contribution is 14.1. The number of rotatable bonds is 4. The Kier molecular flexibility index (Phi) is 5.20. The van der Waals surface area contributed by atoms with Gasteiger partial charge in [0.25, 0.3) is 0 Å². The van der Waals surface area contributed by atoms with Gasteiger partial charge in [0, 0.05) is 12.0 Å². The van der Waals surface area contributed by atoms with Crippen molar-refractivity contribution >= 4 is 51.6 Å². The lowest BCUT2D eigenvalue weighted by Crippen LogP contribution is -1.98. The lowest BCUT2D eigenvalue weighted by molar-refractivity contribution is 0.0982. The number of ketones is 1. The fourth-order valence-electron chi connectivity index (χ4n) is 1.04. The van der Waals surface area contributed by atoms with Gasteiger partial charge < -0.3 is 0 Å². The molecular formula is C10H9Cl2IO. The zero-order chi connectivity index (χ0) is 10.6. The molecule has 1 aromatic carbocycles. The quantitative estimate of drug-likeness (QED) is 0.450. The number of carbonyl (C=O) groups excluding carboxylic acids is 1. The molecule has 4 heteroatoms. The van der Waals surface area contributed by atoms with Gasteiger partial charge in [0.1, 0.15) is 0 Å². The van der Waals surface area contributed by atoms with Crippen LogP contribution in [-0.4, -0.2) is 10.2 Å². The number of Topliss-reactive ketones (excluding diaryl/α,β-unsaturated/α-hetero) is 1. The van der Waals surface area contributed by atoms with E-state index in [1.54, 1.807) is 18.2 Å². The van der Waals surface area contributed by atoms with Crippen LogP contribution in [0.25, 0.3) is 0 Å². The van der Waals surface area contributed by atoms with Crippen LogP contribution in [0.4, 0.5) is 0 Å². The summed E-state index contributed by atoms with van der Waals surface area (Å²) in [6.45, 7) is 0. The molecule has 14 heavy (non-hydrogen) atoms. The van der Waals surface area contributed by atoms with Gasteiger partial charge in [0.05, 0.1) is 10.0 Å². The molecule has 0 spiro atoms. The number of alkyl halides is 1. The van der Waals surface area contributed by atoms with Crippen molar-refractivity contribution in [3.8, 4) is 0 Å². The summed E-state index contributed by atoms with van der Waals surface area (Å²) in [4.78, 5) is 11.6. The lowest BCUT2D eigenvalue weighted by atomic mass is 10.1. The minimum atomic E-state index is 0.125. The molecule has 0 radical (unpaired) electrons. The number of carbonyl (C=O) groups is 1. The van der Waals surface area contributed by atoms with Crippen molar-refractivity contribution in [2.24, 2.45) is 0 Å². The third kappa shape index (κ3) is 3.41. The Hall–Kier alpha value is 0.200. The smallest absolute Gasteiger partial charge is 0.162 e. The summed E-state index contributed by atoms with van der Waals surface area (Å²) in [5.41, 5.74) is 0.643. The fraction of sp³-hybridized carbons (Fsp3) is 0.300. The van der Waals surface area contributed by atoms with Gasteiger partial charge in [-0.15, -0.1) is 0 Å². The first kappa shape index (κ1) is 12.3. The van der Waals surface area contributed by atoms with E-state index in [2.05, 4.69) is 22.6 Å². The summed E-state index contributed by atoms with van der Waals surface area (Å²) >= 11 is 13.8. The SMILES string of the molecule is O=C(CCCI)c1ccc(Cl)c(Cl)c1. The molecule has 1 nitrogen and oxygen atoms in total. The molecule has 0 heterocycles. The Morgan fingerprint density at radius 3 is 2.57 bits per heavy atom. The largest absolute Gasteiger partial charge is 0.294 e. The van der Waals surface area contributed by atoms with E-state index in [1.807, 2.05) is 0 Å². The van der Waals surface area contributed by atoms with Crippen molar-refractivity contribution in [1.29, 1.82) is 0 Å². The molecule has 0 aliphatic rings. The minimum absolute atomic E-state index is 0.125. The number of halogens is 3. The highest BCUT2D eigenvalue weighted by Crippen LogP contribution is 2.23. The van der Waals surface area contributed by atoms with Crippen molar-refractivity contribution in [1.82, 2.24) is 0 Å². The van der Waals surface area contributed by atoms with Gasteiger partial charge in [0.2, 0.25) is 0 Å². The molecule has 0 saturated heterocycles. The van der Waals surface area contributed by atoms with E-state index in [0.29, 0.717) is 22.0 Å². The van der Waals surface area contributed by atoms with Crippen LogP contribution < -0.4 is 0 Å². The molecule has 0 fully saturated rings. The van der Waals surface area contributed by atoms with Gasteiger partial charge in [-0.2, -0.15) is 0 Å². The van der Waals surface area contributed by atoms with Gasteiger partial charge in [-0.3, -0.25) is 4.79 Å². The fourth-order valence-corrected chi connectivity index (χ4v) is 1.72. The van der Waals surface area contributed by atoms with Crippen molar-refractivity contribution in [2.75, 3.05) is 4.43 Å². The lowest BCUT2D eigenvalue weighted by Gasteiger charge is -2.01. The van der Waals surface area contributed by atoms with Crippen LogP contribution in [0.2, 0.25) is 10.0 Å². The highest BCUT2D eigenvalue weighted by Gasteiger charge is 2.07. The predicted octanol–water partition coefficient (Wildman–Crippen LogP) is 4.39. The zero-order valence-corrected chi connectivity index (χ0v) is 11.1. The van der Waals surface area contributed by atoms with E-state index >= 15 is 0 Å². The van der Waals surface area contributed by atoms with Crippen LogP contribution >= 0.6 is 45.8 Å². The first-order chi connectivity index (χ1) is 6.65. The summed E-state index contributed by atoms with van der Waals surface area (Å²) in [6.07, 6.45) is 1.47. The summed E-state index contributed by atoms with van der Waals surface area (Å²) in [7, 11) is 0. The maximum absolute atomic E-state index is 11.6. The van der Waals surface area contributed by atoms with Crippen LogP contribution in [0.15, 0.2) is 18.2 Å². The highest BCUT2D eigenvalue weighted by atomic mass is 127. The van der Waals surface area contributed by atoms with Crippen LogP contribution in [-0.2, 0) is 0 Å². The number of hydrogen-bond donors (Lipinski definition) is 0. The number of benzene rings is 1. The molecule has 0 aliphatic carbocycles. The van der Waals surface area contributed by atoms with E-state index in [-0.39, 0.29) is 5.78 Å². The van der Waals surface area contributed by atoms with Crippen molar-refractivity contribution in [3.05, 3.63) is 33.8 Å². The molecule has 0 unspecified atom stereocenters. The zero-order valence-electron chi connectivity index (χ0n) is 7.40. The van der Waals surface area contributed by atoms with Crippen molar-refractivity contribution < 1.29 is 4.79 Å². The summed E-state index contributed by atoms with van der Waals surface area (Å²) < 4.78 is 0.991. The second kappa shape index (κ2) is 5.93. The van der Waals surface area contributed by atoms with E-state index < -0.39 is 0 Å². The maximum atomic E-state index is 11.6. The molecule has 0 amide bonds. The van der Waals surface area contributed by atoms with Gasteiger partial charge in [-0.1, -0.05) is 45.8 Å². The minimum Gasteiger partial charge on any atom is -0.294 e. The topological polar surface area (TPSA) is 17.1 Å². The van der Waals surface area contributed by atoms with Crippen LogP contribution in [0.3, 0.4) is 0 Å². The first-order valence-electron chi connectivity index (χ1n) is 4.19. The predicted molar refractivity (Wildman–Crippen MR) is 68.9 cm³/mol. The molecule has 0 saturated carbocycles. The van der Waals surface area contributed by atoms with E-state index in [1.165, 1.54) is 0 Å². The Labute approximate surface area is 107 Å². The Morgan fingerprint density at radius 2 is 2.00 bits per heavy atom. The molecule has 0 atom stereocenters. The molecule has 0 N–H and O–H groups in total. The summed E-state index contributed by atoms with van der Waals surface area (Å²) in [6, 6.07) is 4.99. The Morgan fingerprint density at radius 1 is 1.29 bits per heavy atom. The number of hydrogen-bond acceptors (Lipinski definition) is 1. The van der Waals surface area contributed by atoms with Crippen LogP contribution in [0, 0.1) is 0 Å². The Bertz CT molecular complexity index is 339. The standard InChI is InChI=1S/C10H9Cl2IO/c11-8-4-3-7(6-9(8)12)10(14)2-1-5-13/h3-4,6H,1-2,5H2. The summed E-state index contributed by atoms with van der Waals surface area (Å²) in [5, 5.41) is 0.920. The molecule has 0 bridgehead atoms. The summed E-state index contributed by atoms with van der Waals surface area (Å²) in [5.74, 6) is 0.125. The molecule has 0 aliphatic heterocycles. The average molecular weight is 343 g/mol. The maximum Gasteiger partial charge on any atom is 0.162 e. The van der Waals surface area contributed by atoms with Gasteiger partial charge in [-0.25, -0.2) is 0 Å². The second-order valence-electron chi connectivity index (χ2n) is 2.84. The van der Waals surface area contributed by atoms with Crippen molar-refractivity contribution in [3.63, 3.8) is 0 Å². The van der Waals surface area contributed by atoms with Gasteiger partial charge >= 0.3 is 0 Å². The van der Waals surface area contributed by atoms with E-state index in [9.17, 15) is 4.79 Å². The third-order valence-electron chi connectivity index (χ3n) is 1.78. The monoisotopic (exact) mass is 342 g/mol. The average Bonchev–Trinajstić information content (AvgIpc) is 2.18. The molecule has 1 rings (SSSR count). The Balaban J connectivity index is 2.76. The van der Waals surface area contributed by atoms with Crippen LogP contribution in [0.1, 0.15) is 23.2 Å². The van der Waals surface area contributed by atoms with Crippen LogP contribution in [0.5, 0.6) is 0 Å². The first-order valence-corrected chi connectivity index (χ1v) is 6.47.